The number of nitrogens with zero attached hydrogens (tertiary/aromatic N) is 1. The maximum atomic E-state index is 12.3. The number of hydrogen-bond donors (Lipinski definition) is 2. The zero-order valence-electron chi connectivity index (χ0n) is 12.0. The Balaban J connectivity index is 2.03. The van der Waals surface area contributed by atoms with Crippen molar-refractivity contribution in [1.82, 2.24) is 15.0 Å². The molecule has 0 spiro atoms. The van der Waals surface area contributed by atoms with Crippen LogP contribution in [0, 0.1) is 6.92 Å². The minimum atomic E-state index is -3.55. The van der Waals surface area contributed by atoms with Crippen LogP contribution in [-0.2, 0) is 23.1 Å². The first-order valence-corrected chi connectivity index (χ1v) is 9.07. The van der Waals surface area contributed by atoms with Gasteiger partial charge in [-0.15, -0.1) is 11.3 Å². The molecule has 0 aliphatic rings. The second-order valence-electron chi connectivity index (χ2n) is 4.57. The third-order valence-corrected chi connectivity index (χ3v) is 5.32. The summed E-state index contributed by atoms with van der Waals surface area (Å²) in [4.78, 5) is 5.10. The van der Waals surface area contributed by atoms with Crippen LogP contribution in [0.5, 0.6) is 0 Å². The number of aryl methyl sites for hydroxylation is 1. The SMILES string of the molecule is CCCNCc1sccc1S(=O)(=O)NCc1ncc(C)o1. The summed E-state index contributed by atoms with van der Waals surface area (Å²) in [6.45, 7) is 5.30. The fourth-order valence-electron chi connectivity index (χ4n) is 1.79. The molecule has 0 aliphatic heterocycles. The molecule has 2 aromatic heterocycles. The van der Waals surface area contributed by atoms with Crippen molar-refractivity contribution in [3.05, 3.63) is 34.2 Å². The molecule has 0 unspecified atom stereocenters. The van der Waals surface area contributed by atoms with Crippen molar-refractivity contribution in [1.29, 1.82) is 0 Å². The lowest BCUT2D eigenvalue weighted by Crippen LogP contribution is -2.25. The lowest BCUT2D eigenvalue weighted by atomic mass is 10.4. The molecule has 21 heavy (non-hydrogen) atoms. The van der Waals surface area contributed by atoms with Gasteiger partial charge in [0, 0.05) is 11.4 Å². The van der Waals surface area contributed by atoms with Gasteiger partial charge in [-0.05, 0) is 31.3 Å². The lowest BCUT2D eigenvalue weighted by Gasteiger charge is -2.07. The van der Waals surface area contributed by atoms with Gasteiger partial charge in [-0.1, -0.05) is 6.92 Å². The van der Waals surface area contributed by atoms with Gasteiger partial charge in [0.05, 0.1) is 17.6 Å². The van der Waals surface area contributed by atoms with E-state index in [1.807, 2.05) is 0 Å². The molecule has 0 aromatic carbocycles. The maximum absolute atomic E-state index is 12.3. The first-order valence-electron chi connectivity index (χ1n) is 6.71. The molecule has 0 radical (unpaired) electrons. The standard InChI is InChI=1S/C13H19N3O3S2/c1-3-5-14-8-11-12(4-6-20-11)21(17,18)16-9-13-15-7-10(2)19-13/h4,6-7,14,16H,3,5,8-9H2,1-2H3. The Hall–Kier alpha value is -1.22. The van der Waals surface area contributed by atoms with Crippen molar-refractivity contribution >= 4 is 21.4 Å². The summed E-state index contributed by atoms with van der Waals surface area (Å²) in [5.74, 6) is 1.01. The molecule has 8 heteroatoms. The lowest BCUT2D eigenvalue weighted by molar-refractivity contribution is 0.463. The minimum absolute atomic E-state index is 0.0495. The molecule has 0 saturated heterocycles. The first-order chi connectivity index (χ1) is 10.0. The smallest absolute Gasteiger partial charge is 0.242 e. The molecular weight excluding hydrogens is 310 g/mol. The zero-order chi connectivity index (χ0) is 15.3. The van der Waals surface area contributed by atoms with Crippen LogP contribution >= 0.6 is 11.3 Å². The molecule has 2 N–H and O–H groups in total. The van der Waals surface area contributed by atoms with Gasteiger partial charge in [0.15, 0.2) is 0 Å². The van der Waals surface area contributed by atoms with Crippen LogP contribution in [0.4, 0.5) is 0 Å². The fourth-order valence-corrected chi connectivity index (χ4v) is 4.18. The maximum Gasteiger partial charge on any atom is 0.242 e. The largest absolute Gasteiger partial charge is 0.445 e. The quantitative estimate of drug-likeness (QED) is 0.724. The summed E-state index contributed by atoms with van der Waals surface area (Å²) in [5.41, 5.74) is 0. The van der Waals surface area contributed by atoms with Crippen molar-refractivity contribution in [3.8, 4) is 0 Å². The molecule has 0 bridgehead atoms. The van der Waals surface area contributed by atoms with Crippen LogP contribution in [0.15, 0.2) is 27.0 Å². The fraction of sp³-hybridized carbons (Fsp3) is 0.462. The second kappa shape index (κ2) is 7.17. The average molecular weight is 329 g/mol. The summed E-state index contributed by atoms with van der Waals surface area (Å²) < 4.78 is 32.4. The van der Waals surface area contributed by atoms with Crippen molar-refractivity contribution in [2.24, 2.45) is 0 Å². The number of oxazole rings is 1. The van der Waals surface area contributed by atoms with Gasteiger partial charge in [-0.2, -0.15) is 0 Å². The molecule has 0 atom stereocenters. The van der Waals surface area contributed by atoms with Crippen LogP contribution < -0.4 is 10.0 Å². The molecule has 2 rings (SSSR count). The molecule has 2 heterocycles. The van der Waals surface area contributed by atoms with E-state index in [1.54, 1.807) is 24.6 Å². The predicted molar refractivity (Wildman–Crippen MR) is 81.6 cm³/mol. The minimum Gasteiger partial charge on any atom is -0.445 e. The average Bonchev–Trinajstić information content (AvgIpc) is 3.06. The topological polar surface area (TPSA) is 84.2 Å². The molecule has 2 aromatic rings. The van der Waals surface area contributed by atoms with Gasteiger partial charge in [0.2, 0.25) is 15.9 Å². The van der Waals surface area contributed by atoms with E-state index in [2.05, 4.69) is 21.9 Å². The second-order valence-corrected chi connectivity index (χ2v) is 7.31. The van der Waals surface area contributed by atoms with Crippen molar-refractivity contribution < 1.29 is 12.8 Å². The number of hydrogen-bond acceptors (Lipinski definition) is 6. The molecule has 0 saturated carbocycles. The zero-order valence-corrected chi connectivity index (χ0v) is 13.7. The Kier molecular flexibility index (Phi) is 5.51. The van der Waals surface area contributed by atoms with Crippen LogP contribution in [0.3, 0.4) is 0 Å². The van der Waals surface area contributed by atoms with E-state index in [4.69, 9.17) is 4.42 Å². The predicted octanol–water partition coefficient (Wildman–Crippen LogP) is 2.02. The Labute approximate surface area is 128 Å². The summed E-state index contributed by atoms with van der Waals surface area (Å²) in [7, 11) is -3.55. The normalized spacial score (nSPS) is 11.9. The number of nitrogens with one attached hydrogen (secondary N) is 2. The first kappa shape index (κ1) is 16.2. The highest BCUT2D eigenvalue weighted by molar-refractivity contribution is 7.89. The Morgan fingerprint density at radius 1 is 1.38 bits per heavy atom. The summed E-state index contributed by atoms with van der Waals surface area (Å²) in [6, 6.07) is 1.62. The molecule has 116 valence electrons. The molecule has 0 aliphatic carbocycles. The highest BCUT2D eigenvalue weighted by Crippen LogP contribution is 2.22. The third kappa shape index (κ3) is 4.37. The molecular formula is C13H19N3O3S2. The van der Waals surface area contributed by atoms with Crippen molar-refractivity contribution in [2.75, 3.05) is 6.54 Å². The van der Waals surface area contributed by atoms with Gasteiger partial charge in [0.1, 0.15) is 5.76 Å². The van der Waals surface area contributed by atoms with E-state index in [0.717, 1.165) is 17.8 Å². The summed E-state index contributed by atoms with van der Waals surface area (Å²) in [6.07, 6.45) is 2.57. The Morgan fingerprint density at radius 2 is 2.19 bits per heavy atom. The van der Waals surface area contributed by atoms with E-state index in [1.165, 1.54) is 11.3 Å². The van der Waals surface area contributed by atoms with Crippen LogP contribution in [0.25, 0.3) is 0 Å². The number of sulfonamides is 1. The van der Waals surface area contributed by atoms with Crippen LogP contribution in [0.1, 0.15) is 29.9 Å². The number of aromatic nitrogens is 1. The van der Waals surface area contributed by atoms with Crippen molar-refractivity contribution in [3.63, 3.8) is 0 Å². The van der Waals surface area contributed by atoms with Crippen LogP contribution in [0.2, 0.25) is 0 Å². The van der Waals surface area contributed by atoms with E-state index in [-0.39, 0.29) is 6.54 Å². The molecule has 0 fully saturated rings. The number of thiophene rings is 1. The van der Waals surface area contributed by atoms with Gasteiger partial charge in [-0.25, -0.2) is 18.1 Å². The number of rotatable bonds is 8. The van der Waals surface area contributed by atoms with Gasteiger partial charge in [0.25, 0.3) is 0 Å². The van der Waals surface area contributed by atoms with E-state index >= 15 is 0 Å². The highest BCUT2D eigenvalue weighted by Gasteiger charge is 2.20. The summed E-state index contributed by atoms with van der Waals surface area (Å²) >= 11 is 1.43. The van der Waals surface area contributed by atoms with Gasteiger partial charge < -0.3 is 9.73 Å². The molecule has 6 nitrogen and oxygen atoms in total. The van der Waals surface area contributed by atoms with E-state index in [9.17, 15) is 8.42 Å². The monoisotopic (exact) mass is 329 g/mol. The highest BCUT2D eigenvalue weighted by atomic mass is 32.2. The Morgan fingerprint density at radius 3 is 2.86 bits per heavy atom. The third-order valence-electron chi connectivity index (χ3n) is 2.79. The van der Waals surface area contributed by atoms with Crippen molar-refractivity contribution in [2.45, 2.75) is 38.3 Å². The molecule has 0 amide bonds. The summed E-state index contributed by atoms with van der Waals surface area (Å²) in [5, 5.41) is 5.00. The van der Waals surface area contributed by atoms with Gasteiger partial charge in [-0.3, -0.25) is 0 Å². The van der Waals surface area contributed by atoms with Crippen LogP contribution in [-0.4, -0.2) is 19.9 Å². The Bertz CT molecular complexity index is 676. The van der Waals surface area contributed by atoms with E-state index < -0.39 is 10.0 Å². The van der Waals surface area contributed by atoms with E-state index in [0.29, 0.717) is 23.1 Å². The van der Waals surface area contributed by atoms with Gasteiger partial charge >= 0.3 is 0 Å².